The molecule has 0 aliphatic heterocycles. The fourth-order valence-corrected chi connectivity index (χ4v) is 1.72. The lowest BCUT2D eigenvalue weighted by Gasteiger charge is -2.07. The van der Waals surface area contributed by atoms with E-state index in [-0.39, 0.29) is 17.9 Å². The Kier molecular flexibility index (Phi) is 6.73. The van der Waals surface area contributed by atoms with E-state index in [0.29, 0.717) is 24.9 Å². The summed E-state index contributed by atoms with van der Waals surface area (Å²) in [6.45, 7) is 2.46. The van der Waals surface area contributed by atoms with Gasteiger partial charge in [0.25, 0.3) is 0 Å². The molecule has 1 unspecified atom stereocenters. The predicted octanol–water partition coefficient (Wildman–Crippen LogP) is 1.26. The van der Waals surface area contributed by atoms with E-state index in [2.05, 4.69) is 10.1 Å². The number of amides is 1. The third-order valence-corrected chi connectivity index (χ3v) is 2.94. The molecule has 0 spiro atoms. The van der Waals surface area contributed by atoms with Crippen molar-refractivity contribution in [3.05, 3.63) is 35.4 Å². The molecule has 5 heteroatoms. The van der Waals surface area contributed by atoms with Crippen LogP contribution in [0.15, 0.2) is 24.3 Å². The molecule has 0 aliphatic carbocycles. The lowest BCUT2D eigenvalue weighted by atomic mass is 10.1. The molecule has 5 nitrogen and oxygen atoms in total. The van der Waals surface area contributed by atoms with Crippen molar-refractivity contribution >= 4 is 11.9 Å². The Balaban J connectivity index is 2.32. The molecule has 0 fully saturated rings. The second kappa shape index (κ2) is 8.32. The van der Waals surface area contributed by atoms with Crippen molar-refractivity contribution in [2.24, 2.45) is 5.73 Å². The molecule has 1 aromatic rings. The maximum atomic E-state index is 11.5. The van der Waals surface area contributed by atoms with E-state index in [4.69, 9.17) is 5.73 Å². The molecule has 1 atom stereocenters. The topological polar surface area (TPSA) is 81.4 Å². The first-order valence-corrected chi connectivity index (χ1v) is 6.72. The smallest absolute Gasteiger partial charge is 0.337 e. The highest BCUT2D eigenvalue weighted by atomic mass is 16.5. The zero-order valence-corrected chi connectivity index (χ0v) is 12.0. The second-order valence-corrected chi connectivity index (χ2v) is 4.80. The highest BCUT2D eigenvalue weighted by molar-refractivity contribution is 5.89. The van der Waals surface area contributed by atoms with Gasteiger partial charge in [-0.1, -0.05) is 12.1 Å². The van der Waals surface area contributed by atoms with Gasteiger partial charge >= 0.3 is 5.97 Å². The minimum absolute atomic E-state index is 0.0217. The molecule has 0 radical (unpaired) electrons. The summed E-state index contributed by atoms with van der Waals surface area (Å²) < 4.78 is 4.63. The first kappa shape index (κ1) is 16.2. The number of esters is 1. The molecular weight excluding hydrogens is 256 g/mol. The number of benzene rings is 1. The Labute approximate surface area is 119 Å². The Hall–Kier alpha value is -1.88. The van der Waals surface area contributed by atoms with Gasteiger partial charge in [0.15, 0.2) is 0 Å². The molecule has 0 bridgehead atoms. The number of hydrogen-bond acceptors (Lipinski definition) is 4. The highest BCUT2D eigenvalue weighted by Crippen LogP contribution is 2.06. The van der Waals surface area contributed by atoms with Gasteiger partial charge in [-0.3, -0.25) is 4.79 Å². The Morgan fingerprint density at radius 1 is 1.30 bits per heavy atom. The van der Waals surface area contributed by atoms with Crippen molar-refractivity contribution in [2.75, 3.05) is 13.7 Å². The first-order chi connectivity index (χ1) is 9.52. The number of hydrogen-bond donors (Lipinski definition) is 2. The van der Waals surface area contributed by atoms with Gasteiger partial charge in [0, 0.05) is 19.0 Å². The minimum atomic E-state index is -0.347. The van der Waals surface area contributed by atoms with Gasteiger partial charge in [0.2, 0.25) is 5.91 Å². The van der Waals surface area contributed by atoms with Crippen molar-refractivity contribution in [2.45, 2.75) is 32.2 Å². The first-order valence-electron chi connectivity index (χ1n) is 6.72. The van der Waals surface area contributed by atoms with Crippen LogP contribution in [0.3, 0.4) is 0 Å². The van der Waals surface area contributed by atoms with Crippen LogP contribution in [0.4, 0.5) is 0 Å². The number of rotatable bonds is 7. The molecule has 1 aromatic carbocycles. The lowest BCUT2D eigenvalue weighted by Crippen LogP contribution is -2.27. The number of nitrogens with one attached hydrogen (secondary N) is 1. The van der Waals surface area contributed by atoms with Gasteiger partial charge in [-0.05, 0) is 37.5 Å². The van der Waals surface area contributed by atoms with Crippen LogP contribution in [0, 0.1) is 0 Å². The highest BCUT2D eigenvalue weighted by Gasteiger charge is 2.05. The van der Waals surface area contributed by atoms with Gasteiger partial charge in [0.05, 0.1) is 12.7 Å². The third-order valence-electron chi connectivity index (χ3n) is 2.94. The van der Waals surface area contributed by atoms with E-state index in [1.54, 1.807) is 12.1 Å². The minimum Gasteiger partial charge on any atom is -0.465 e. The van der Waals surface area contributed by atoms with Crippen LogP contribution in [-0.4, -0.2) is 31.6 Å². The van der Waals surface area contributed by atoms with E-state index in [1.807, 2.05) is 19.1 Å². The third kappa shape index (κ3) is 5.84. The molecule has 110 valence electrons. The largest absolute Gasteiger partial charge is 0.465 e. The van der Waals surface area contributed by atoms with Crippen LogP contribution in [0.2, 0.25) is 0 Å². The SMILES string of the molecule is COC(=O)c1ccc(CCNC(=O)CCC(C)N)cc1. The summed E-state index contributed by atoms with van der Waals surface area (Å²) in [6.07, 6.45) is 1.88. The van der Waals surface area contributed by atoms with Gasteiger partial charge < -0.3 is 15.8 Å². The number of carbonyl (C=O) groups excluding carboxylic acids is 2. The molecular formula is C15H22N2O3. The van der Waals surface area contributed by atoms with Crippen molar-refractivity contribution in [1.29, 1.82) is 0 Å². The number of carbonyl (C=O) groups is 2. The number of nitrogens with two attached hydrogens (primary N) is 1. The van der Waals surface area contributed by atoms with Gasteiger partial charge in [0.1, 0.15) is 0 Å². The van der Waals surface area contributed by atoms with Gasteiger partial charge in [-0.25, -0.2) is 4.79 Å². The maximum Gasteiger partial charge on any atom is 0.337 e. The van der Waals surface area contributed by atoms with Crippen molar-refractivity contribution in [1.82, 2.24) is 5.32 Å². The molecule has 0 saturated heterocycles. The molecule has 1 rings (SSSR count). The lowest BCUT2D eigenvalue weighted by molar-refractivity contribution is -0.121. The molecule has 1 amide bonds. The van der Waals surface area contributed by atoms with Crippen LogP contribution in [0.25, 0.3) is 0 Å². The monoisotopic (exact) mass is 278 g/mol. The summed E-state index contributed by atoms with van der Waals surface area (Å²) >= 11 is 0. The average Bonchev–Trinajstić information content (AvgIpc) is 2.45. The molecule has 20 heavy (non-hydrogen) atoms. The fourth-order valence-electron chi connectivity index (χ4n) is 1.72. The van der Waals surface area contributed by atoms with Crippen molar-refractivity contribution in [3.8, 4) is 0 Å². The zero-order valence-electron chi connectivity index (χ0n) is 12.0. The molecule has 3 N–H and O–H groups in total. The van der Waals surface area contributed by atoms with Crippen molar-refractivity contribution < 1.29 is 14.3 Å². The Morgan fingerprint density at radius 2 is 1.95 bits per heavy atom. The standard InChI is InChI=1S/C15H22N2O3/c1-11(16)3-8-14(18)17-10-9-12-4-6-13(7-5-12)15(19)20-2/h4-7,11H,3,8-10,16H2,1-2H3,(H,17,18). The summed E-state index contributed by atoms with van der Waals surface area (Å²) in [5, 5.41) is 2.85. The number of ether oxygens (including phenoxy) is 1. The normalized spacial score (nSPS) is 11.8. The van der Waals surface area contributed by atoms with E-state index in [0.717, 1.165) is 12.0 Å². The summed E-state index contributed by atoms with van der Waals surface area (Å²) in [7, 11) is 1.36. The van der Waals surface area contributed by atoms with Gasteiger partial charge in [-0.2, -0.15) is 0 Å². The van der Waals surface area contributed by atoms with Crippen LogP contribution in [-0.2, 0) is 16.0 Å². The van der Waals surface area contributed by atoms with E-state index in [9.17, 15) is 9.59 Å². The summed E-state index contributed by atoms with van der Waals surface area (Å²) in [6, 6.07) is 7.21. The maximum absolute atomic E-state index is 11.5. The van der Waals surface area contributed by atoms with Crippen molar-refractivity contribution in [3.63, 3.8) is 0 Å². The van der Waals surface area contributed by atoms with Gasteiger partial charge in [-0.15, -0.1) is 0 Å². The second-order valence-electron chi connectivity index (χ2n) is 4.80. The Morgan fingerprint density at radius 3 is 2.50 bits per heavy atom. The van der Waals surface area contributed by atoms with E-state index >= 15 is 0 Å². The molecule has 0 aromatic heterocycles. The van der Waals surface area contributed by atoms with Crippen LogP contribution in [0.5, 0.6) is 0 Å². The molecule has 0 heterocycles. The van der Waals surface area contributed by atoms with Crippen LogP contribution in [0.1, 0.15) is 35.7 Å². The summed E-state index contributed by atoms with van der Waals surface area (Å²) in [4.78, 5) is 22.8. The fraction of sp³-hybridized carbons (Fsp3) is 0.467. The predicted molar refractivity (Wildman–Crippen MR) is 77.4 cm³/mol. The van der Waals surface area contributed by atoms with E-state index < -0.39 is 0 Å². The average molecular weight is 278 g/mol. The molecule has 0 saturated carbocycles. The quantitative estimate of drug-likeness (QED) is 0.736. The zero-order chi connectivity index (χ0) is 15.0. The summed E-state index contributed by atoms with van der Waals surface area (Å²) in [5.74, 6) is -0.325. The molecule has 0 aliphatic rings. The van der Waals surface area contributed by atoms with E-state index in [1.165, 1.54) is 7.11 Å². The van der Waals surface area contributed by atoms with Crippen LogP contribution < -0.4 is 11.1 Å². The summed E-state index contributed by atoms with van der Waals surface area (Å²) in [5.41, 5.74) is 7.18. The number of methoxy groups -OCH3 is 1. The van der Waals surface area contributed by atoms with Crippen LogP contribution >= 0.6 is 0 Å². The Bertz CT molecular complexity index is 441.